The van der Waals surface area contributed by atoms with Crippen LogP contribution in [0.4, 0.5) is 4.79 Å². The van der Waals surface area contributed by atoms with Crippen molar-refractivity contribution >= 4 is 204 Å². The third-order valence-electron chi connectivity index (χ3n) is 10.2. The first-order chi connectivity index (χ1) is 25.0. The van der Waals surface area contributed by atoms with Gasteiger partial charge in [0, 0.05) is 37.6 Å². The number of cyclic esters (lactones) is 1. The summed E-state index contributed by atoms with van der Waals surface area (Å²) in [6.07, 6.45) is -1.99. The molecule has 0 N–H and O–H groups in total. The highest BCUT2D eigenvalue weighted by Crippen LogP contribution is 3.21. The Bertz CT molecular complexity index is 1420. The van der Waals surface area contributed by atoms with E-state index in [1.54, 1.807) is 0 Å². The van der Waals surface area contributed by atoms with E-state index in [2.05, 4.69) is 135 Å². The van der Waals surface area contributed by atoms with Crippen molar-refractivity contribution in [2.75, 3.05) is 7.11 Å². The Morgan fingerprint density at radius 2 is 1.43 bits per heavy atom. The van der Waals surface area contributed by atoms with Crippen LogP contribution in [0, 0.1) is 16.7 Å². The lowest BCUT2D eigenvalue weighted by Crippen LogP contribution is -2.65. The molecule has 2 bridgehead atoms. The van der Waals surface area contributed by atoms with E-state index in [9.17, 15) is 14.4 Å². The van der Waals surface area contributed by atoms with Crippen LogP contribution in [0.25, 0.3) is 0 Å². The number of hydrogen-bond donors (Lipinski definition) is 0. The fourth-order valence-corrected chi connectivity index (χ4v) is 204. The fraction of sp³-hybridized carbons (Fsp3) is 0.773. The van der Waals surface area contributed by atoms with Gasteiger partial charge in [-0.25, -0.2) is 4.79 Å². The van der Waals surface area contributed by atoms with Gasteiger partial charge in [-0.1, -0.05) is 37.7 Å². The second-order valence-corrected chi connectivity index (χ2v) is 96.3. The van der Waals surface area contributed by atoms with Crippen LogP contribution < -0.4 is 0 Å². The molecule has 0 aromatic carbocycles. The molecular weight excluding hydrogens is 1120 g/mol. The van der Waals surface area contributed by atoms with Crippen molar-refractivity contribution < 1.29 is 42.4 Å². The first-order valence-electron chi connectivity index (χ1n) is 15.9. The molecule has 2 heterocycles. The van der Waals surface area contributed by atoms with Gasteiger partial charge in [0.15, 0.2) is 11.7 Å². The largest absolute Gasteiger partial charge is 0.509 e. The first-order valence-corrected chi connectivity index (χ1v) is 56.3. The van der Waals surface area contributed by atoms with E-state index in [4.69, 9.17) is 28.0 Å². The molecule has 0 aromatic rings. The van der Waals surface area contributed by atoms with E-state index in [-0.39, 0.29) is 39.8 Å². The average molecular weight is 1170 g/mol. The molecule has 9 nitrogen and oxygen atoms in total. The molecule has 0 aromatic heterocycles. The number of ether oxygens (including phenoxy) is 4. The van der Waals surface area contributed by atoms with Crippen LogP contribution >= 0.6 is 186 Å². The molecule has 1 spiro atoms. The van der Waals surface area contributed by atoms with Gasteiger partial charge in [0.1, 0.15) is 12.0 Å². The van der Waals surface area contributed by atoms with Crippen LogP contribution in [0.2, 0.25) is 0 Å². The van der Waals surface area contributed by atoms with E-state index in [0.717, 1.165) is 11.1 Å². The fourth-order valence-electron chi connectivity index (χ4n) is 7.90. The third-order valence-corrected chi connectivity index (χ3v) is 131. The highest BCUT2D eigenvalue weighted by molar-refractivity contribution is 9.25. The summed E-state index contributed by atoms with van der Waals surface area (Å²) in [7, 11) is 37.0. The van der Waals surface area contributed by atoms with E-state index in [1.807, 2.05) is 0 Å². The Kier molecular flexibility index (Phi) is 23.3. The van der Waals surface area contributed by atoms with Gasteiger partial charge < -0.3 is 28.0 Å². The molecular formula is C22H53O9P23. The quantitative estimate of drug-likeness (QED) is 0.0646. The smallest absolute Gasteiger partial charge is 0.469 e. The highest BCUT2D eigenvalue weighted by atomic mass is 33.3. The zero-order valence-electron chi connectivity index (χ0n) is 30.3. The van der Waals surface area contributed by atoms with E-state index >= 15 is 0 Å². The minimum atomic E-state index is -1.24. The summed E-state index contributed by atoms with van der Waals surface area (Å²) in [5.41, 5.74) is -0.722. The van der Waals surface area contributed by atoms with Crippen molar-refractivity contribution in [3.63, 3.8) is 0 Å². The predicted octanol–water partition coefficient (Wildman–Crippen LogP) is 15.7. The van der Waals surface area contributed by atoms with Gasteiger partial charge in [-0.3, -0.25) is 9.59 Å². The molecule has 3 fully saturated rings. The van der Waals surface area contributed by atoms with Crippen LogP contribution in [-0.4, -0.2) is 55.2 Å². The number of methoxy groups -OCH3 is 1. The van der Waals surface area contributed by atoms with Gasteiger partial charge in [0.2, 0.25) is 0 Å². The summed E-state index contributed by atoms with van der Waals surface area (Å²) in [6, 6.07) is 0. The topological polar surface area (TPSA) is 107 Å². The molecule has 2 aliphatic carbocycles. The van der Waals surface area contributed by atoms with Crippen LogP contribution in [0.1, 0.15) is 53.4 Å². The highest BCUT2D eigenvalue weighted by Gasteiger charge is 2.74. The van der Waals surface area contributed by atoms with Crippen molar-refractivity contribution in [2.24, 2.45) is 16.7 Å². The standard InChI is InChI=1S/C22H53O9P23/c1-10-11(30-45(33)53(49(38)39)54(50(40)41)51(42)43)9-22-17(28-19(25)29-22)16-18(24)27-13(6-7-14(23)26-5)21(16,4)8-12(15(10)20(22,2)3)31-46(47(34)35)52(44-32)48(36)37/h11-13,16-17,44H,6-9,32-43H2,1-5H3/t11-,12+,13-,16+,17-,21+,22+,45?,46?,52?,53?/m0/s1. The Morgan fingerprint density at radius 3 is 1.93 bits per heavy atom. The second kappa shape index (κ2) is 23.2. The molecule has 32 heteroatoms. The normalized spacial score (nSPS) is 33.2. The molecule has 0 amide bonds. The minimum Gasteiger partial charge on any atom is -0.469 e. The summed E-state index contributed by atoms with van der Waals surface area (Å²) in [5.74, 6) is -1.65. The van der Waals surface area contributed by atoms with E-state index < -0.39 is 109 Å². The molecule has 2 aliphatic heterocycles. The molecule has 1 saturated carbocycles. The van der Waals surface area contributed by atoms with Crippen LogP contribution in [-0.2, 0) is 37.6 Å². The van der Waals surface area contributed by atoms with Crippen molar-refractivity contribution in [1.29, 1.82) is 0 Å². The maximum atomic E-state index is 14.3. The Labute approximate surface area is 362 Å². The molecule has 4 rings (SSSR count). The molecule has 54 heavy (non-hydrogen) atoms. The summed E-state index contributed by atoms with van der Waals surface area (Å²) in [5, 5.41) is 0. The Hall–Kier alpha value is 7.76. The first kappa shape index (κ1) is 54.4. The molecule has 24 atom stereocenters. The summed E-state index contributed by atoms with van der Waals surface area (Å²) >= 11 is 0. The minimum absolute atomic E-state index is 0.0945. The van der Waals surface area contributed by atoms with Crippen LogP contribution in [0.15, 0.2) is 11.1 Å². The molecule has 4 aliphatic rings. The van der Waals surface area contributed by atoms with E-state index in [1.165, 1.54) is 7.11 Å². The number of fused-ring (bicyclic) bond motifs is 3. The van der Waals surface area contributed by atoms with Gasteiger partial charge in [-0.05, 0) is 72.8 Å². The lowest BCUT2D eigenvalue weighted by molar-refractivity contribution is -0.156. The predicted molar refractivity (Wildman–Crippen MR) is 296 cm³/mol. The lowest BCUT2D eigenvalue weighted by atomic mass is 9.51. The maximum absolute atomic E-state index is 14.3. The van der Waals surface area contributed by atoms with Crippen molar-refractivity contribution in [3.8, 4) is 0 Å². The molecule has 0 radical (unpaired) electrons. The van der Waals surface area contributed by atoms with E-state index in [0.29, 0.717) is 20.8 Å². The Morgan fingerprint density at radius 1 is 0.833 bits per heavy atom. The zero-order chi connectivity index (χ0) is 40.8. The van der Waals surface area contributed by atoms with Gasteiger partial charge in [-0.15, -0.1) is 98.2 Å². The number of esters is 2. The van der Waals surface area contributed by atoms with Crippen molar-refractivity contribution in [3.05, 3.63) is 11.1 Å². The summed E-state index contributed by atoms with van der Waals surface area (Å²) in [4.78, 5) is 40.4. The number of carbonyl (C=O) groups excluding carboxylic acids is 3. The molecule has 17 unspecified atom stereocenters. The van der Waals surface area contributed by atoms with Gasteiger partial charge >= 0.3 is 18.1 Å². The summed E-state index contributed by atoms with van der Waals surface area (Å²) < 4.78 is 38.9. The van der Waals surface area contributed by atoms with Crippen LogP contribution in [0.3, 0.4) is 0 Å². The van der Waals surface area contributed by atoms with Gasteiger partial charge in [0.05, 0.1) is 34.4 Å². The number of carbonyl (C=O) groups is 3. The average Bonchev–Trinajstić information content (AvgIpc) is 3.50. The Balaban J connectivity index is 1.98. The molecule has 310 valence electrons. The maximum Gasteiger partial charge on any atom is 0.509 e. The monoisotopic (exact) mass is 1170 g/mol. The van der Waals surface area contributed by atoms with Crippen molar-refractivity contribution in [1.82, 2.24) is 0 Å². The van der Waals surface area contributed by atoms with Gasteiger partial charge in [0.25, 0.3) is 0 Å². The number of hydrogen-bond acceptors (Lipinski definition) is 9. The molecule has 2 saturated heterocycles. The summed E-state index contributed by atoms with van der Waals surface area (Å²) in [6.45, 7) is 4.99. The SMILES string of the molecule is COC(=O)CC[C@@H]1OC(=O)[C@H]2[C@@H]3OC(=O)O[C@]34C[C@H](OP(P)P(P(P)P)P(P(P)P)P(P)P)C(C)=C([C@H](OP(P(P)P)P(PP)P(P)P)C[C@]12C)C4(C)C. The van der Waals surface area contributed by atoms with Gasteiger partial charge in [-0.2, -0.15) is 0 Å². The third kappa shape index (κ3) is 11.7. The number of rotatable bonds is 16. The lowest BCUT2D eigenvalue weighted by Gasteiger charge is -2.57. The van der Waals surface area contributed by atoms with Crippen molar-refractivity contribution in [2.45, 2.75) is 83.4 Å². The zero-order valence-corrected chi connectivity index (χ0v) is 54.1. The van der Waals surface area contributed by atoms with Crippen LogP contribution in [0.5, 0.6) is 0 Å². The second-order valence-electron chi connectivity index (χ2n) is 13.5.